The fourth-order valence-electron chi connectivity index (χ4n) is 3.38. The number of carbonyl (C=O) groups excluding carboxylic acids is 1. The Morgan fingerprint density at radius 3 is 2.23 bits per heavy atom. The van der Waals surface area contributed by atoms with Crippen molar-refractivity contribution in [1.82, 2.24) is 9.55 Å². The molecule has 7 heteroatoms. The number of nitrogens with zero attached hydrogens (tertiary/aromatic N) is 2. The van der Waals surface area contributed by atoms with Crippen molar-refractivity contribution in [2.45, 2.75) is 6.92 Å². The number of fused-ring (bicyclic) bond motifs is 1. The molecular weight excluding hydrogens is 394 g/mol. The van der Waals surface area contributed by atoms with Crippen LogP contribution < -0.4 is 20.3 Å². The number of nitrogens with one attached hydrogen (secondary N) is 1. The number of rotatable bonds is 5. The zero-order valence-electron chi connectivity index (χ0n) is 17.4. The fourth-order valence-corrected chi connectivity index (χ4v) is 3.38. The Kier molecular flexibility index (Phi) is 5.41. The maximum atomic E-state index is 12.9. The van der Waals surface area contributed by atoms with Gasteiger partial charge >= 0.3 is 0 Å². The van der Waals surface area contributed by atoms with Crippen molar-refractivity contribution < 1.29 is 14.3 Å². The van der Waals surface area contributed by atoms with Crippen LogP contribution in [0.2, 0.25) is 0 Å². The van der Waals surface area contributed by atoms with Crippen LogP contribution in [0, 0.1) is 6.92 Å². The highest BCUT2D eigenvalue weighted by Gasteiger charge is 2.12. The summed E-state index contributed by atoms with van der Waals surface area (Å²) >= 11 is 0. The number of anilines is 1. The number of hydrogen-bond donors (Lipinski definition) is 1. The molecule has 0 atom stereocenters. The molecule has 0 spiro atoms. The van der Waals surface area contributed by atoms with Crippen molar-refractivity contribution in [2.24, 2.45) is 0 Å². The molecule has 1 heterocycles. The zero-order valence-corrected chi connectivity index (χ0v) is 17.4. The summed E-state index contributed by atoms with van der Waals surface area (Å²) in [5, 5.41) is 3.40. The van der Waals surface area contributed by atoms with Gasteiger partial charge in [0.15, 0.2) is 0 Å². The molecule has 156 valence electrons. The molecule has 1 aromatic heterocycles. The van der Waals surface area contributed by atoms with Crippen LogP contribution in [0.15, 0.2) is 71.5 Å². The summed E-state index contributed by atoms with van der Waals surface area (Å²) in [6, 6.07) is 19.2. The molecule has 0 unspecified atom stereocenters. The van der Waals surface area contributed by atoms with E-state index in [1.807, 2.05) is 18.2 Å². The maximum Gasteiger partial charge on any atom is 0.265 e. The highest BCUT2D eigenvalue weighted by molar-refractivity contribution is 6.04. The molecule has 0 saturated carbocycles. The van der Waals surface area contributed by atoms with E-state index in [1.54, 1.807) is 60.0 Å². The quantitative estimate of drug-likeness (QED) is 0.533. The van der Waals surface area contributed by atoms with Crippen molar-refractivity contribution in [2.75, 3.05) is 19.5 Å². The number of benzene rings is 3. The minimum absolute atomic E-state index is 0.136. The molecule has 0 bridgehead atoms. The number of ether oxygens (including phenoxy) is 2. The molecule has 0 radical (unpaired) electrons. The van der Waals surface area contributed by atoms with Gasteiger partial charge in [-0.25, -0.2) is 4.98 Å². The third-order valence-corrected chi connectivity index (χ3v) is 4.94. The van der Waals surface area contributed by atoms with Crippen molar-refractivity contribution in [3.8, 4) is 17.2 Å². The fraction of sp³-hybridized carbons (Fsp3) is 0.125. The summed E-state index contributed by atoms with van der Waals surface area (Å²) in [7, 11) is 3.06. The van der Waals surface area contributed by atoms with Crippen LogP contribution in [-0.4, -0.2) is 29.7 Å². The average Bonchev–Trinajstić information content (AvgIpc) is 2.79. The van der Waals surface area contributed by atoms with Crippen molar-refractivity contribution in [3.63, 3.8) is 0 Å². The topological polar surface area (TPSA) is 82.4 Å². The lowest BCUT2D eigenvalue weighted by Crippen LogP contribution is -2.22. The van der Waals surface area contributed by atoms with Crippen LogP contribution in [0.25, 0.3) is 16.6 Å². The van der Waals surface area contributed by atoms with Gasteiger partial charge in [0.2, 0.25) is 0 Å². The van der Waals surface area contributed by atoms with Gasteiger partial charge in [0.05, 0.1) is 30.8 Å². The number of aryl methyl sites for hydroxylation is 1. The van der Waals surface area contributed by atoms with E-state index in [0.717, 1.165) is 0 Å². The van der Waals surface area contributed by atoms with Gasteiger partial charge in [-0.1, -0.05) is 12.1 Å². The molecule has 0 saturated heterocycles. The molecule has 1 amide bonds. The minimum Gasteiger partial charge on any atom is -0.497 e. The van der Waals surface area contributed by atoms with Gasteiger partial charge in [-0.2, -0.15) is 0 Å². The lowest BCUT2D eigenvalue weighted by Gasteiger charge is -2.12. The molecule has 1 N–H and O–H groups in total. The van der Waals surface area contributed by atoms with Crippen molar-refractivity contribution in [1.29, 1.82) is 0 Å². The Hall–Kier alpha value is -4.13. The summed E-state index contributed by atoms with van der Waals surface area (Å²) in [4.78, 5) is 30.1. The molecule has 0 aliphatic carbocycles. The smallest absolute Gasteiger partial charge is 0.265 e. The lowest BCUT2D eigenvalue weighted by atomic mass is 10.1. The van der Waals surface area contributed by atoms with E-state index in [2.05, 4.69) is 10.3 Å². The highest BCUT2D eigenvalue weighted by atomic mass is 16.5. The van der Waals surface area contributed by atoms with Crippen LogP contribution in [0.1, 0.15) is 16.2 Å². The van der Waals surface area contributed by atoms with Crippen LogP contribution in [-0.2, 0) is 0 Å². The SMILES string of the molecule is COc1cc(OC)cc(C(=O)Nc2ccc(-n3c(C)nc4ccccc4c3=O)cc2)c1. The van der Waals surface area contributed by atoms with E-state index < -0.39 is 0 Å². The molecule has 4 rings (SSSR count). The van der Waals surface area contributed by atoms with Gasteiger partial charge < -0.3 is 14.8 Å². The second-order valence-electron chi connectivity index (χ2n) is 6.92. The first kappa shape index (κ1) is 20.2. The van der Waals surface area contributed by atoms with Gasteiger partial charge in [-0.15, -0.1) is 0 Å². The molecule has 0 fully saturated rings. The largest absolute Gasteiger partial charge is 0.497 e. The molecule has 31 heavy (non-hydrogen) atoms. The summed E-state index contributed by atoms with van der Waals surface area (Å²) in [6.07, 6.45) is 0. The molecule has 3 aromatic carbocycles. The van der Waals surface area contributed by atoms with Crippen molar-refractivity contribution >= 4 is 22.5 Å². The Bertz CT molecular complexity index is 1300. The monoisotopic (exact) mass is 415 g/mol. The number of hydrogen-bond acceptors (Lipinski definition) is 5. The van der Waals surface area contributed by atoms with E-state index >= 15 is 0 Å². The Morgan fingerprint density at radius 2 is 1.58 bits per heavy atom. The van der Waals surface area contributed by atoms with Crippen LogP contribution in [0.4, 0.5) is 5.69 Å². The third-order valence-electron chi connectivity index (χ3n) is 4.94. The lowest BCUT2D eigenvalue weighted by molar-refractivity contribution is 0.102. The van der Waals surface area contributed by atoms with Crippen LogP contribution >= 0.6 is 0 Å². The van der Waals surface area contributed by atoms with Crippen molar-refractivity contribution in [3.05, 3.63) is 88.5 Å². The molecule has 0 aliphatic rings. The first-order valence-electron chi connectivity index (χ1n) is 9.63. The third kappa shape index (κ3) is 3.98. The number of methoxy groups -OCH3 is 2. The number of carbonyl (C=O) groups is 1. The molecular formula is C24H21N3O4. The first-order valence-corrected chi connectivity index (χ1v) is 9.63. The predicted molar refractivity (Wildman–Crippen MR) is 120 cm³/mol. The molecule has 4 aromatic rings. The normalized spacial score (nSPS) is 10.7. The summed E-state index contributed by atoms with van der Waals surface area (Å²) < 4.78 is 12.0. The summed E-state index contributed by atoms with van der Waals surface area (Å²) in [6.45, 7) is 1.79. The number of aromatic nitrogens is 2. The van der Waals surface area contributed by atoms with Gasteiger partial charge in [0, 0.05) is 17.3 Å². The van der Waals surface area contributed by atoms with Gasteiger partial charge in [0.1, 0.15) is 17.3 Å². The Morgan fingerprint density at radius 1 is 0.935 bits per heavy atom. The van der Waals surface area contributed by atoms with E-state index in [4.69, 9.17) is 9.47 Å². The number of para-hydroxylation sites is 1. The van der Waals surface area contributed by atoms with E-state index in [-0.39, 0.29) is 11.5 Å². The van der Waals surface area contributed by atoms with Gasteiger partial charge in [-0.05, 0) is 55.5 Å². The average molecular weight is 415 g/mol. The van der Waals surface area contributed by atoms with E-state index in [1.165, 1.54) is 14.2 Å². The van der Waals surface area contributed by atoms with Crippen LogP contribution in [0.5, 0.6) is 11.5 Å². The van der Waals surface area contributed by atoms with Gasteiger partial charge in [0.25, 0.3) is 11.5 Å². The second kappa shape index (κ2) is 8.31. The van der Waals surface area contributed by atoms with E-state index in [9.17, 15) is 9.59 Å². The Labute approximate surface area is 178 Å². The second-order valence-corrected chi connectivity index (χ2v) is 6.92. The number of amides is 1. The van der Waals surface area contributed by atoms with E-state index in [0.29, 0.717) is 45.2 Å². The minimum atomic E-state index is -0.300. The maximum absolute atomic E-state index is 12.9. The standard InChI is InChI=1S/C24H21N3O4/c1-15-25-22-7-5-4-6-21(22)24(29)27(15)18-10-8-17(9-11-18)26-23(28)16-12-19(30-2)14-20(13-16)31-3/h4-14H,1-3H3,(H,26,28). The Balaban J connectivity index is 1.62. The van der Waals surface area contributed by atoms with Crippen LogP contribution in [0.3, 0.4) is 0 Å². The predicted octanol–water partition coefficient (Wildman–Crippen LogP) is 3.96. The summed E-state index contributed by atoms with van der Waals surface area (Å²) in [5.41, 5.74) is 2.20. The summed E-state index contributed by atoms with van der Waals surface area (Å²) in [5.74, 6) is 1.34. The molecule has 7 nitrogen and oxygen atoms in total. The zero-order chi connectivity index (χ0) is 22.0. The first-order chi connectivity index (χ1) is 15.0. The molecule has 0 aliphatic heterocycles. The van der Waals surface area contributed by atoms with Gasteiger partial charge in [-0.3, -0.25) is 14.2 Å². The highest BCUT2D eigenvalue weighted by Crippen LogP contribution is 2.23.